The maximum atomic E-state index is 12.4. The highest BCUT2D eigenvalue weighted by Crippen LogP contribution is 2.28. The molecule has 3 rings (SSSR count). The van der Waals surface area contributed by atoms with Crippen LogP contribution in [-0.2, 0) is 0 Å². The smallest absolute Gasteiger partial charge is 0.343 e. The molecule has 0 amide bonds. The molecule has 33 heavy (non-hydrogen) atoms. The van der Waals surface area contributed by atoms with Gasteiger partial charge in [-0.3, -0.25) is 4.99 Å². The fourth-order valence-corrected chi connectivity index (χ4v) is 3.07. The molecule has 6 heteroatoms. The van der Waals surface area contributed by atoms with Crippen LogP contribution in [-0.4, -0.2) is 30.5 Å². The van der Waals surface area contributed by atoms with Crippen molar-refractivity contribution in [3.05, 3.63) is 77.9 Å². The second-order valence-corrected chi connectivity index (χ2v) is 7.35. The van der Waals surface area contributed by atoms with Crippen molar-refractivity contribution >= 4 is 17.9 Å². The molecule has 0 saturated carbocycles. The van der Waals surface area contributed by atoms with Crippen LogP contribution in [0.1, 0.15) is 49.0 Å². The van der Waals surface area contributed by atoms with E-state index in [2.05, 4.69) is 11.9 Å². The first-order valence-corrected chi connectivity index (χ1v) is 11.1. The number of ether oxygens (including phenoxy) is 3. The summed E-state index contributed by atoms with van der Waals surface area (Å²) in [6.45, 7) is 5.24. The predicted octanol–water partition coefficient (Wildman–Crippen LogP) is 6.33. The summed E-state index contributed by atoms with van der Waals surface area (Å²) in [7, 11) is 0. The van der Waals surface area contributed by atoms with Crippen LogP contribution < -0.4 is 14.2 Å². The molecular formula is C27H29NO5. The first-order valence-electron chi connectivity index (χ1n) is 11.1. The Hall–Kier alpha value is -3.80. The average Bonchev–Trinajstić information content (AvgIpc) is 2.83. The lowest BCUT2D eigenvalue weighted by atomic mass is 10.2. The number of carbonyl (C=O) groups excluding carboxylic acids is 1. The van der Waals surface area contributed by atoms with Crippen LogP contribution in [0.25, 0.3) is 0 Å². The predicted molar refractivity (Wildman–Crippen MR) is 129 cm³/mol. The number of unbranched alkanes of at least 4 members (excludes halogenated alkanes) is 2. The number of para-hydroxylation sites is 2. The highest BCUT2D eigenvalue weighted by molar-refractivity contribution is 5.91. The third-order valence-corrected chi connectivity index (χ3v) is 4.83. The minimum atomic E-state index is -0.515. The second kappa shape index (κ2) is 12.3. The summed E-state index contributed by atoms with van der Waals surface area (Å²) < 4.78 is 16.6. The standard InChI is InChI=1S/C27H29NO5/c1-3-5-8-17-32-22-14-11-20(12-15-22)27(30)33-23-16-13-21(25(29)18-23)19-28-24-9-6-7-10-26(24)31-4-2/h6-7,9-16,18-19,29H,3-5,8,17H2,1-2H3. The molecule has 0 heterocycles. The normalized spacial score (nSPS) is 10.8. The molecule has 0 saturated heterocycles. The first kappa shape index (κ1) is 23.9. The molecule has 0 aliphatic carbocycles. The number of esters is 1. The molecule has 172 valence electrons. The highest BCUT2D eigenvalue weighted by atomic mass is 16.5. The monoisotopic (exact) mass is 447 g/mol. The van der Waals surface area contributed by atoms with Gasteiger partial charge in [-0.15, -0.1) is 0 Å². The number of hydrogen-bond acceptors (Lipinski definition) is 6. The third-order valence-electron chi connectivity index (χ3n) is 4.83. The SMILES string of the molecule is CCCCCOc1ccc(C(=O)Oc2ccc(C=Nc3ccccc3OCC)c(O)c2)cc1. The molecule has 0 atom stereocenters. The van der Waals surface area contributed by atoms with Gasteiger partial charge in [0, 0.05) is 17.8 Å². The molecule has 6 nitrogen and oxygen atoms in total. The summed E-state index contributed by atoms with van der Waals surface area (Å²) in [5, 5.41) is 10.4. The Labute approximate surface area is 194 Å². The van der Waals surface area contributed by atoms with Crippen LogP contribution in [0.15, 0.2) is 71.7 Å². The zero-order valence-electron chi connectivity index (χ0n) is 19.0. The number of aliphatic imine (C=N–C) groups is 1. The Bertz CT molecular complexity index is 1080. The summed E-state index contributed by atoms with van der Waals surface area (Å²) in [6.07, 6.45) is 4.81. The van der Waals surface area contributed by atoms with Gasteiger partial charge in [0.25, 0.3) is 0 Å². The minimum Gasteiger partial charge on any atom is -0.507 e. The van der Waals surface area contributed by atoms with Gasteiger partial charge in [0.15, 0.2) is 0 Å². The third kappa shape index (κ3) is 7.10. The Morgan fingerprint density at radius 3 is 2.42 bits per heavy atom. The molecule has 3 aromatic carbocycles. The summed E-state index contributed by atoms with van der Waals surface area (Å²) in [4.78, 5) is 16.8. The van der Waals surface area contributed by atoms with E-state index in [1.165, 1.54) is 12.3 Å². The van der Waals surface area contributed by atoms with Crippen LogP contribution in [0.3, 0.4) is 0 Å². The van der Waals surface area contributed by atoms with Gasteiger partial charge in [-0.25, -0.2) is 4.79 Å². The van der Waals surface area contributed by atoms with Gasteiger partial charge in [0.05, 0.1) is 18.8 Å². The van der Waals surface area contributed by atoms with Crippen molar-refractivity contribution in [3.8, 4) is 23.0 Å². The molecule has 0 spiro atoms. The molecule has 0 radical (unpaired) electrons. The van der Waals surface area contributed by atoms with E-state index in [-0.39, 0.29) is 11.5 Å². The fraction of sp³-hybridized carbons (Fsp3) is 0.259. The van der Waals surface area contributed by atoms with Gasteiger partial charge < -0.3 is 19.3 Å². The van der Waals surface area contributed by atoms with Gasteiger partial charge in [-0.05, 0) is 61.9 Å². The van der Waals surface area contributed by atoms with E-state index in [0.29, 0.717) is 35.8 Å². The van der Waals surface area contributed by atoms with Crippen LogP contribution in [0, 0.1) is 0 Å². The van der Waals surface area contributed by atoms with Gasteiger partial charge in [-0.2, -0.15) is 0 Å². The molecule has 0 aromatic heterocycles. The van der Waals surface area contributed by atoms with E-state index < -0.39 is 5.97 Å². The van der Waals surface area contributed by atoms with Crippen LogP contribution in [0.2, 0.25) is 0 Å². The van der Waals surface area contributed by atoms with Crippen molar-refractivity contribution in [2.75, 3.05) is 13.2 Å². The van der Waals surface area contributed by atoms with Crippen molar-refractivity contribution in [2.45, 2.75) is 33.1 Å². The van der Waals surface area contributed by atoms with E-state index in [9.17, 15) is 9.90 Å². The quantitative estimate of drug-likeness (QED) is 0.161. The Balaban J connectivity index is 1.61. The van der Waals surface area contributed by atoms with E-state index in [4.69, 9.17) is 14.2 Å². The molecular weight excluding hydrogens is 418 g/mol. The molecule has 3 aromatic rings. The molecule has 0 bridgehead atoms. The fourth-order valence-electron chi connectivity index (χ4n) is 3.07. The van der Waals surface area contributed by atoms with Crippen molar-refractivity contribution in [1.29, 1.82) is 0 Å². The Kier molecular flexibility index (Phi) is 8.88. The maximum Gasteiger partial charge on any atom is 0.343 e. The number of carbonyl (C=O) groups is 1. The molecule has 1 N–H and O–H groups in total. The Morgan fingerprint density at radius 1 is 0.939 bits per heavy atom. The van der Waals surface area contributed by atoms with Crippen molar-refractivity contribution in [2.24, 2.45) is 4.99 Å². The Morgan fingerprint density at radius 2 is 1.70 bits per heavy atom. The molecule has 0 aliphatic rings. The number of rotatable bonds is 11. The second-order valence-electron chi connectivity index (χ2n) is 7.35. The summed E-state index contributed by atoms with van der Waals surface area (Å²) in [5.74, 6) is 1.06. The maximum absolute atomic E-state index is 12.4. The lowest BCUT2D eigenvalue weighted by Crippen LogP contribution is -2.08. The van der Waals surface area contributed by atoms with E-state index in [0.717, 1.165) is 25.0 Å². The summed E-state index contributed by atoms with van der Waals surface area (Å²) >= 11 is 0. The van der Waals surface area contributed by atoms with Crippen molar-refractivity contribution < 1.29 is 24.1 Å². The lowest BCUT2D eigenvalue weighted by Gasteiger charge is -2.08. The number of phenols is 1. The van der Waals surface area contributed by atoms with Gasteiger partial charge in [0.1, 0.15) is 28.7 Å². The average molecular weight is 448 g/mol. The largest absolute Gasteiger partial charge is 0.507 e. The van der Waals surface area contributed by atoms with Gasteiger partial charge in [-0.1, -0.05) is 31.9 Å². The number of phenolic OH excluding ortho intramolecular Hbond substituents is 1. The number of aromatic hydroxyl groups is 1. The van der Waals surface area contributed by atoms with E-state index >= 15 is 0 Å². The van der Waals surface area contributed by atoms with Crippen molar-refractivity contribution in [3.63, 3.8) is 0 Å². The first-order chi connectivity index (χ1) is 16.1. The summed E-state index contributed by atoms with van der Waals surface area (Å²) in [6, 6.07) is 18.9. The minimum absolute atomic E-state index is 0.0474. The van der Waals surface area contributed by atoms with Crippen molar-refractivity contribution in [1.82, 2.24) is 0 Å². The number of nitrogens with zero attached hydrogens (tertiary/aromatic N) is 1. The summed E-state index contributed by atoms with van der Waals surface area (Å²) in [5.41, 5.74) is 1.55. The number of benzene rings is 3. The highest BCUT2D eigenvalue weighted by Gasteiger charge is 2.11. The van der Waals surface area contributed by atoms with Crippen LogP contribution >= 0.6 is 0 Å². The topological polar surface area (TPSA) is 77.4 Å². The van der Waals surface area contributed by atoms with E-state index in [1.54, 1.807) is 36.4 Å². The zero-order chi connectivity index (χ0) is 23.5. The van der Waals surface area contributed by atoms with Gasteiger partial charge >= 0.3 is 5.97 Å². The van der Waals surface area contributed by atoms with E-state index in [1.807, 2.05) is 31.2 Å². The molecule has 0 aliphatic heterocycles. The molecule has 0 unspecified atom stereocenters. The number of hydrogen-bond donors (Lipinski definition) is 1. The lowest BCUT2D eigenvalue weighted by molar-refractivity contribution is 0.0734. The van der Waals surface area contributed by atoms with Crippen LogP contribution in [0.5, 0.6) is 23.0 Å². The van der Waals surface area contributed by atoms with Gasteiger partial charge in [0.2, 0.25) is 0 Å². The zero-order valence-corrected chi connectivity index (χ0v) is 19.0. The molecule has 0 fully saturated rings. The van der Waals surface area contributed by atoms with Crippen LogP contribution in [0.4, 0.5) is 5.69 Å².